The number of fused-ring (bicyclic) bond motifs is 1. The van der Waals surface area contributed by atoms with E-state index in [1.807, 2.05) is 43.3 Å². The van der Waals surface area contributed by atoms with Crippen molar-refractivity contribution in [2.75, 3.05) is 17.7 Å². The van der Waals surface area contributed by atoms with Gasteiger partial charge in [0, 0.05) is 16.1 Å². The summed E-state index contributed by atoms with van der Waals surface area (Å²) >= 11 is 7.58. The first-order valence-corrected chi connectivity index (χ1v) is 9.92. The second-order valence-electron chi connectivity index (χ2n) is 6.83. The summed E-state index contributed by atoms with van der Waals surface area (Å²) in [6.45, 7) is 1.91. The maximum atomic E-state index is 13.4. The van der Waals surface area contributed by atoms with Gasteiger partial charge in [-0.05, 0) is 36.6 Å². The number of nitrogens with one attached hydrogen (secondary N) is 2. The molecule has 0 bridgehead atoms. The van der Waals surface area contributed by atoms with E-state index in [-0.39, 0.29) is 17.7 Å². The zero-order valence-corrected chi connectivity index (χ0v) is 16.5. The Morgan fingerprint density at radius 1 is 1.22 bits per heavy atom. The molecular weight excluding hydrogens is 384 g/mol. The quantitative estimate of drug-likeness (QED) is 0.566. The molecular formula is C20H19ClN2O3S. The molecule has 2 N–H and O–H groups in total. The highest BCUT2D eigenvalue weighted by Gasteiger charge is 2.44. The molecule has 0 spiro atoms. The van der Waals surface area contributed by atoms with Gasteiger partial charge in [-0.2, -0.15) is 0 Å². The van der Waals surface area contributed by atoms with Gasteiger partial charge in [0.15, 0.2) is 5.78 Å². The van der Waals surface area contributed by atoms with Crippen molar-refractivity contribution in [2.45, 2.75) is 19.4 Å². The molecule has 1 aliphatic carbocycles. The Morgan fingerprint density at radius 3 is 2.63 bits per heavy atom. The Kier molecular flexibility index (Phi) is 4.70. The number of ether oxygens (including phenoxy) is 1. The highest BCUT2D eigenvalue weighted by molar-refractivity contribution is 7.16. The normalized spacial score (nSPS) is 24.3. The summed E-state index contributed by atoms with van der Waals surface area (Å²) in [6.07, 6.45) is 0.590. The number of anilines is 2. The molecule has 4 rings (SSSR count). The Morgan fingerprint density at radius 2 is 1.96 bits per heavy atom. The summed E-state index contributed by atoms with van der Waals surface area (Å²) in [5.41, 5.74) is 3.24. The third-order valence-corrected chi connectivity index (χ3v) is 6.40. The SMILES string of the molecule is COC(=O)[C@@H]1C(=O)C2=C(C[C@@H]1C)Nc1ccccc1N[C@@H]2c1ccc(Cl)s1. The van der Waals surface area contributed by atoms with Gasteiger partial charge in [0.25, 0.3) is 0 Å². The van der Waals surface area contributed by atoms with Crippen LogP contribution in [0.1, 0.15) is 24.3 Å². The number of hydrogen-bond donors (Lipinski definition) is 2. The molecule has 1 aliphatic heterocycles. The van der Waals surface area contributed by atoms with Gasteiger partial charge < -0.3 is 15.4 Å². The number of hydrogen-bond acceptors (Lipinski definition) is 6. The van der Waals surface area contributed by atoms with Gasteiger partial charge in [-0.3, -0.25) is 9.59 Å². The van der Waals surface area contributed by atoms with E-state index < -0.39 is 11.9 Å². The summed E-state index contributed by atoms with van der Waals surface area (Å²) in [6, 6.07) is 11.2. The lowest BCUT2D eigenvalue weighted by atomic mass is 9.75. The number of rotatable bonds is 2. The molecule has 7 heteroatoms. The van der Waals surface area contributed by atoms with Crippen LogP contribution in [0.4, 0.5) is 11.4 Å². The van der Waals surface area contributed by atoms with Crippen molar-refractivity contribution in [2.24, 2.45) is 11.8 Å². The lowest BCUT2D eigenvalue weighted by Gasteiger charge is -2.32. The number of allylic oxidation sites excluding steroid dienone is 1. The van der Waals surface area contributed by atoms with Crippen LogP contribution in [-0.4, -0.2) is 18.9 Å². The molecule has 0 saturated heterocycles. The van der Waals surface area contributed by atoms with Crippen LogP contribution in [-0.2, 0) is 14.3 Å². The Bertz CT molecular complexity index is 952. The predicted octanol–water partition coefficient (Wildman–Crippen LogP) is 4.63. The number of methoxy groups -OCH3 is 1. The lowest BCUT2D eigenvalue weighted by molar-refractivity contribution is -0.151. The maximum Gasteiger partial charge on any atom is 0.316 e. The molecule has 2 aliphatic rings. The van der Waals surface area contributed by atoms with Crippen molar-refractivity contribution in [3.05, 3.63) is 56.9 Å². The number of esters is 1. The van der Waals surface area contributed by atoms with Crippen LogP contribution in [0, 0.1) is 11.8 Å². The summed E-state index contributed by atoms with van der Waals surface area (Å²) in [4.78, 5) is 26.6. The zero-order chi connectivity index (χ0) is 19.1. The van der Waals surface area contributed by atoms with Gasteiger partial charge in [0.05, 0.1) is 28.9 Å². The number of halogens is 1. The van der Waals surface area contributed by atoms with Gasteiger partial charge in [-0.1, -0.05) is 30.7 Å². The molecule has 3 atom stereocenters. The van der Waals surface area contributed by atoms with Gasteiger partial charge >= 0.3 is 5.97 Å². The first-order chi connectivity index (χ1) is 13.0. The largest absolute Gasteiger partial charge is 0.468 e. The average Bonchev–Trinajstić information content (AvgIpc) is 3.00. The third kappa shape index (κ3) is 3.13. The molecule has 140 valence electrons. The molecule has 2 heterocycles. The fourth-order valence-corrected chi connectivity index (χ4v) is 4.95. The number of carbonyl (C=O) groups excluding carboxylic acids is 2. The number of Topliss-reactive ketones (excluding diaryl/α,β-unsaturated/α-hetero) is 1. The minimum atomic E-state index is -0.795. The summed E-state index contributed by atoms with van der Waals surface area (Å²) in [5.74, 6) is -1.62. The van der Waals surface area contributed by atoms with Crippen molar-refractivity contribution in [1.82, 2.24) is 0 Å². The second-order valence-corrected chi connectivity index (χ2v) is 8.58. The van der Waals surface area contributed by atoms with Crippen molar-refractivity contribution in [3.63, 3.8) is 0 Å². The van der Waals surface area contributed by atoms with Gasteiger partial charge in [-0.25, -0.2) is 0 Å². The number of benzene rings is 1. The van der Waals surface area contributed by atoms with Crippen LogP contribution in [0.15, 0.2) is 47.7 Å². The van der Waals surface area contributed by atoms with E-state index in [0.717, 1.165) is 21.9 Å². The number of carbonyl (C=O) groups is 2. The Balaban J connectivity index is 1.86. The molecule has 27 heavy (non-hydrogen) atoms. The van der Waals surface area contributed by atoms with Gasteiger partial charge in [0.1, 0.15) is 5.92 Å². The maximum absolute atomic E-state index is 13.4. The first kappa shape index (κ1) is 18.1. The minimum absolute atomic E-state index is 0.144. The molecule has 0 radical (unpaired) electrons. The highest BCUT2D eigenvalue weighted by Crippen LogP contribution is 2.45. The fraction of sp³-hybridized carbons (Fsp3) is 0.300. The van der Waals surface area contributed by atoms with Crippen molar-refractivity contribution < 1.29 is 14.3 Å². The molecule has 2 aromatic rings. The average molecular weight is 403 g/mol. The van der Waals surface area contributed by atoms with Crippen molar-refractivity contribution in [1.29, 1.82) is 0 Å². The van der Waals surface area contributed by atoms with Crippen LogP contribution in [0.2, 0.25) is 4.34 Å². The molecule has 1 aromatic carbocycles. The first-order valence-electron chi connectivity index (χ1n) is 8.72. The molecule has 1 aromatic heterocycles. The topological polar surface area (TPSA) is 67.4 Å². The van der Waals surface area contributed by atoms with Crippen LogP contribution in [0.5, 0.6) is 0 Å². The van der Waals surface area contributed by atoms with Crippen LogP contribution < -0.4 is 10.6 Å². The van der Waals surface area contributed by atoms with E-state index in [1.54, 1.807) is 0 Å². The minimum Gasteiger partial charge on any atom is -0.468 e. The zero-order valence-electron chi connectivity index (χ0n) is 14.9. The third-order valence-electron chi connectivity index (χ3n) is 5.10. The van der Waals surface area contributed by atoms with Crippen LogP contribution in [0.3, 0.4) is 0 Å². The highest BCUT2D eigenvalue weighted by atomic mass is 35.5. The van der Waals surface area contributed by atoms with E-state index >= 15 is 0 Å². The monoisotopic (exact) mass is 402 g/mol. The van der Waals surface area contributed by atoms with Crippen molar-refractivity contribution >= 4 is 46.1 Å². The Hall–Kier alpha value is -2.31. The molecule has 5 nitrogen and oxygen atoms in total. The van der Waals surface area contributed by atoms with Crippen LogP contribution >= 0.6 is 22.9 Å². The van der Waals surface area contributed by atoms with E-state index in [2.05, 4.69) is 10.6 Å². The van der Waals surface area contributed by atoms with E-state index in [1.165, 1.54) is 18.4 Å². The number of ketones is 1. The fourth-order valence-electron chi connectivity index (χ4n) is 3.83. The predicted molar refractivity (Wildman–Crippen MR) is 107 cm³/mol. The van der Waals surface area contributed by atoms with Crippen molar-refractivity contribution in [3.8, 4) is 0 Å². The molecule has 0 fully saturated rings. The molecule has 0 saturated carbocycles. The summed E-state index contributed by atoms with van der Waals surface area (Å²) < 4.78 is 5.56. The van der Waals surface area contributed by atoms with E-state index in [9.17, 15) is 9.59 Å². The van der Waals surface area contributed by atoms with Gasteiger partial charge in [0.2, 0.25) is 0 Å². The number of thiophene rings is 1. The lowest BCUT2D eigenvalue weighted by Crippen LogP contribution is -2.39. The van der Waals surface area contributed by atoms with Gasteiger partial charge in [-0.15, -0.1) is 11.3 Å². The van der Waals surface area contributed by atoms with E-state index in [0.29, 0.717) is 16.3 Å². The van der Waals surface area contributed by atoms with E-state index in [4.69, 9.17) is 16.3 Å². The summed E-state index contributed by atoms with van der Waals surface area (Å²) in [5, 5.41) is 6.89. The summed E-state index contributed by atoms with van der Waals surface area (Å²) in [7, 11) is 1.32. The smallest absolute Gasteiger partial charge is 0.316 e. The molecule has 0 amide bonds. The molecule has 0 unspecified atom stereocenters. The Labute approximate surface area is 166 Å². The standard InChI is InChI=1S/C20H19ClN2O3S/c1-10-9-13-17(19(24)16(10)20(25)26-2)18(14-7-8-15(21)27-14)23-12-6-4-3-5-11(12)22-13/h3-8,10,16,18,22-23H,9H2,1-2H3/t10-,16-,18+/m0/s1. The number of para-hydroxylation sites is 2. The second kappa shape index (κ2) is 7.02. The van der Waals surface area contributed by atoms with Crippen LogP contribution in [0.25, 0.3) is 0 Å².